The zero-order chi connectivity index (χ0) is 13.4. The van der Waals surface area contributed by atoms with Gasteiger partial charge in [-0.3, -0.25) is 4.79 Å². The summed E-state index contributed by atoms with van der Waals surface area (Å²) >= 11 is 0. The SMILES string of the molecule is Cc1ccc(-c2n[nH]c(=O)c3ccccc23)cc1F. The van der Waals surface area contributed by atoms with Crippen LogP contribution in [0.5, 0.6) is 0 Å². The first-order valence-corrected chi connectivity index (χ1v) is 5.91. The number of rotatable bonds is 1. The van der Waals surface area contributed by atoms with Gasteiger partial charge in [-0.25, -0.2) is 9.49 Å². The summed E-state index contributed by atoms with van der Waals surface area (Å²) in [4.78, 5) is 11.7. The molecule has 94 valence electrons. The molecule has 0 spiro atoms. The predicted molar refractivity (Wildman–Crippen MR) is 72.5 cm³/mol. The van der Waals surface area contributed by atoms with E-state index in [2.05, 4.69) is 10.2 Å². The Morgan fingerprint density at radius 1 is 1.11 bits per heavy atom. The average Bonchev–Trinajstić information content (AvgIpc) is 2.43. The molecule has 1 N–H and O–H groups in total. The van der Waals surface area contributed by atoms with E-state index in [9.17, 15) is 9.18 Å². The molecule has 0 amide bonds. The first-order valence-electron chi connectivity index (χ1n) is 5.91. The second-order valence-corrected chi connectivity index (χ2v) is 4.41. The maximum Gasteiger partial charge on any atom is 0.272 e. The van der Waals surface area contributed by atoms with Crippen LogP contribution in [0.4, 0.5) is 4.39 Å². The second kappa shape index (κ2) is 4.31. The third-order valence-electron chi connectivity index (χ3n) is 3.14. The van der Waals surface area contributed by atoms with E-state index in [1.54, 1.807) is 31.2 Å². The summed E-state index contributed by atoms with van der Waals surface area (Å²) in [5.41, 5.74) is 1.56. The number of aryl methyl sites for hydroxylation is 1. The normalized spacial score (nSPS) is 10.8. The summed E-state index contributed by atoms with van der Waals surface area (Å²) in [5.74, 6) is -0.283. The smallest absolute Gasteiger partial charge is 0.267 e. The van der Waals surface area contributed by atoms with Gasteiger partial charge in [0.2, 0.25) is 0 Å². The number of hydrogen-bond donors (Lipinski definition) is 1. The molecule has 0 saturated carbocycles. The molecule has 3 rings (SSSR count). The highest BCUT2D eigenvalue weighted by molar-refractivity contribution is 5.93. The molecule has 0 atom stereocenters. The first-order chi connectivity index (χ1) is 9.16. The fraction of sp³-hybridized carbons (Fsp3) is 0.0667. The monoisotopic (exact) mass is 254 g/mol. The third kappa shape index (κ3) is 1.91. The Balaban J connectivity index is 2.34. The summed E-state index contributed by atoms with van der Waals surface area (Å²) in [6.07, 6.45) is 0. The minimum Gasteiger partial charge on any atom is -0.267 e. The number of fused-ring (bicyclic) bond motifs is 1. The van der Waals surface area contributed by atoms with Crippen LogP contribution in [0.2, 0.25) is 0 Å². The molecular formula is C15H11FN2O. The Bertz CT molecular complexity index is 824. The lowest BCUT2D eigenvalue weighted by atomic mass is 10.0. The minimum absolute atomic E-state index is 0.244. The van der Waals surface area contributed by atoms with Gasteiger partial charge in [-0.05, 0) is 24.6 Å². The highest BCUT2D eigenvalue weighted by Crippen LogP contribution is 2.25. The number of H-pyrrole nitrogens is 1. The highest BCUT2D eigenvalue weighted by Gasteiger charge is 2.09. The van der Waals surface area contributed by atoms with Crippen molar-refractivity contribution in [2.75, 3.05) is 0 Å². The lowest BCUT2D eigenvalue weighted by Crippen LogP contribution is -2.09. The van der Waals surface area contributed by atoms with Gasteiger partial charge in [0.25, 0.3) is 5.56 Å². The van der Waals surface area contributed by atoms with Crippen LogP contribution >= 0.6 is 0 Å². The van der Waals surface area contributed by atoms with Gasteiger partial charge in [0, 0.05) is 10.9 Å². The van der Waals surface area contributed by atoms with Crippen LogP contribution in [0, 0.1) is 12.7 Å². The highest BCUT2D eigenvalue weighted by atomic mass is 19.1. The molecule has 4 heteroatoms. The summed E-state index contributed by atoms with van der Waals surface area (Å²) < 4.78 is 13.6. The number of aromatic nitrogens is 2. The second-order valence-electron chi connectivity index (χ2n) is 4.41. The fourth-order valence-corrected chi connectivity index (χ4v) is 2.07. The van der Waals surface area contributed by atoms with Crippen LogP contribution in [0.1, 0.15) is 5.56 Å². The Morgan fingerprint density at radius 2 is 1.84 bits per heavy atom. The summed E-state index contributed by atoms with van der Waals surface area (Å²) in [5, 5.41) is 7.76. The van der Waals surface area contributed by atoms with Crippen LogP contribution in [0.25, 0.3) is 22.0 Å². The zero-order valence-electron chi connectivity index (χ0n) is 10.3. The van der Waals surface area contributed by atoms with Crippen molar-refractivity contribution in [3.8, 4) is 11.3 Å². The van der Waals surface area contributed by atoms with E-state index in [0.29, 0.717) is 22.2 Å². The molecular weight excluding hydrogens is 243 g/mol. The molecule has 0 unspecified atom stereocenters. The Morgan fingerprint density at radius 3 is 2.58 bits per heavy atom. The van der Waals surface area contributed by atoms with Gasteiger partial charge in [-0.15, -0.1) is 0 Å². The molecule has 1 aromatic heterocycles. The molecule has 3 nitrogen and oxygen atoms in total. The van der Waals surface area contributed by atoms with Gasteiger partial charge in [-0.1, -0.05) is 30.3 Å². The van der Waals surface area contributed by atoms with Crippen LogP contribution in [0.3, 0.4) is 0 Å². The van der Waals surface area contributed by atoms with E-state index in [1.165, 1.54) is 6.07 Å². The van der Waals surface area contributed by atoms with Crippen LogP contribution in [0.15, 0.2) is 47.3 Å². The number of hydrogen-bond acceptors (Lipinski definition) is 2. The fourth-order valence-electron chi connectivity index (χ4n) is 2.07. The molecule has 0 saturated heterocycles. The average molecular weight is 254 g/mol. The molecule has 0 fully saturated rings. The van der Waals surface area contributed by atoms with Crippen molar-refractivity contribution < 1.29 is 4.39 Å². The van der Waals surface area contributed by atoms with Crippen molar-refractivity contribution in [3.63, 3.8) is 0 Å². The number of nitrogens with one attached hydrogen (secondary N) is 1. The van der Waals surface area contributed by atoms with Crippen molar-refractivity contribution in [1.82, 2.24) is 10.2 Å². The molecule has 1 heterocycles. The Labute approximate surface area is 108 Å². The van der Waals surface area contributed by atoms with Gasteiger partial charge in [0.05, 0.1) is 11.1 Å². The van der Waals surface area contributed by atoms with Gasteiger partial charge in [-0.2, -0.15) is 5.10 Å². The van der Waals surface area contributed by atoms with E-state index >= 15 is 0 Å². The van der Waals surface area contributed by atoms with E-state index in [0.717, 1.165) is 5.39 Å². The van der Waals surface area contributed by atoms with Crippen LogP contribution in [-0.4, -0.2) is 10.2 Å². The quantitative estimate of drug-likeness (QED) is 0.725. The van der Waals surface area contributed by atoms with Gasteiger partial charge in [0.1, 0.15) is 5.82 Å². The standard InChI is InChI=1S/C15H11FN2O/c1-9-6-7-10(8-13(9)16)14-11-4-2-3-5-12(11)15(19)18-17-14/h2-8H,1H3,(H,18,19). The number of halogens is 1. The molecule has 0 aliphatic carbocycles. The largest absolute Gasteiger partial charge is 0.272 e. The molecule has 0 aliphatic rings. The van der Waals surface area contributed by atoms with Crippen LogP contribution < -0.4 is 5.56 Å². The molecule has 0 radical (unpaired) electrons. The van der Waals surface area contributed by atoms with E-state index < -0.39 is 0 Å². The zero-order valence-corrected chi connectivity index (χ0v) is 10.3. The lowest BCUT2D eigenvalue weighted by molar-refractivity contribution is 0.619. The third-order valence-corrected chi connectivity index (χ3v) is 3.14. The minimum atomic E-state index is -0.283. The molecule has 2 aromatic carbocycles. The number of nitrogens with zero attached hydrogens (tertiary/aromatic N) is 1. The predicted octanol–water partition coefficient (Wildman–Crippen LogP) is 3.04. The van der Waals surface area contributed by atoms with Gasteiger partial charge in [0.15, 0.2) is 0 Å². The molecule has 0 aliphatic heterocycles. The molecule has 0 bridgehead atoms. The first kappa shape index (κ1) is 11.6. The van der Waals surface area contributed by atoms with Crippen molar-refractivity contribution in [2.45, 2.75) is 6.92 Å². The van der Waals surface area contributed by atoms with Gasteiger partial charge < -0.3 is 0 Å². The van der Waals surface area contributed by atoms with Crippen molar-refractivity contribution in [2.24, 2.45) is 0 Å². The maximum absolute atomic E-state index is 13.6. The van der Waals surface area contributed by atoms with Crippen LogP contribution in [-0.2, 0) is 0 Å². The molecule has 19 heavy (non-hydrogen) atoms. The van der Waals surface area contributed by atoms with E-state index in [1.807, 2.05) is 12.1 Å². The Hall–Kier alpha value is -2.49. The van der Waals surface area contributed by atoms with E-state index in [-0.39, 0.29) is 11.4 Å². The van der Waals surface area contributed by atoms with E-state index in [4.69, 9.17) is 0 Å². The van der Waals surface area contributed by atoms with Crippen molar-refractivity contribution >= 4 is 10.8 Å². The summed E-state index contributed by atoms with van der Waals surface area (Å²) in [7, 11) is 0. The van der Waals surface area contributed by atoms with Crippen molar-refractivity contribution in [1.29, 1.82) is 0 Å². The number of aromatic amines is 1. The maximum atomic E-state index is 13.6. The Kier molecular flexibility index (Phi) is 2.63. The molecule has 3 aromatic rings. The lowest BCUT2D eigenvalue weighted by Gasteiger charge is -2.06. The summed E-state index contributed by atoms with van der Waals surface area (Å²) in [6.45, 7) is 1.71. The topological polar surface area (TPSA) is 45.8 Å². The van der Waals surface area contributed by atoms with Gasteiger partial charge >= 0.3 is 0 Å². The summed E-state index contributed by atoms with van der Waals surface area (Å²) in [6, 6.07) is 12.1. The van der Waals surface area contributed by atoms with Crippen molar-refractivity contribution in [3.05, 3.63) is 64.2 Å². The number of benzene rings is 2.